The smallest absolute Gasteiger partial charge is 0.341 e. The molecule has 2 heterocycles. The highest BCUT2D eigenvalue weighted by Crippen LogP contribution is 2.42. The molecule has 1 atom stereocenters. The van der Waals surface area contributed by atoms with Crippen molar-refractivity contribution in [2.75, 3.05) is 24.5 Å². The summed E-state index contributed by atoms with van der Waals surface area (Å²) < 4.78 is 16.7. The number of anilines is 1. The zero-order chi connectivity index (χ0) is 19.3. The van der Waals surface area contributed by atoms with Gasteiger partial charge >= 0.3 is 5.97 Å². The van der Waals surface area contributed by atoms with Gasteiger partial charge in [-0.15, -0.1) is 0 Å². The fourth-order valence-electron chi connectivity index (χ4n) is 3.93. The predicted molar refractivity (Wildman–Crippen MR) is 103 cm³/mol. The van der Waals surface area contributed by atoms with E-state index in [1.54, 1.807) is 4.57 Å². The van der Waals surface area contributed by atoms with Gasteiger partial charge in [-0.25, -0.2) is 9.18 Å². The van der Waals surface area contributed by atoms with Gasteiger partial charge < -0.3 is 19.9 Å². The molecule has 1 saturated carbocycles. The number of rotatable bonds is 5. The summed E-state index contributed by atoms with van der Waals surface area (Å²) in [6.07, 6.45) is 4.00. The number of benzene rings is 1. The molecule has 8 heteroatoms. The lowest BCUT2D eigenvalue weighted by atomic mass is 10.1. The van der Waals surface area contributed by atoms with Crippen molar-refractivity contribution in [1.29, 1.82) is 0 Å². The van der Waals surface area contributed by atoms with Crippen LogP contribution in [-0.2, 0) is 0 Å². The largest absolute Gasteiger partial charge is 0.477 e. The lowest BCUT2D eigenvalue weighted by Gasteiger charge is -2.23. The fraction of sp³-hybridized carbons (Fsp3) is 0.474. The second kappa shape index (κ2) is 6.80. The van der Waals surface area contributed by atoms with E-state index < -0.39 is 17.2 Å². The summed E-state index contributed by atoms with van der Waals surface area (Å²) in [4.78, 5) is 25.9. The second-order valence-corrected chi connectivity index (χ2v) is 7.60. The van der Waals surface area contributed by atoms with E-state index in [9.17, 15) is 19.1 Å². The number of fused-ring (bicyclic) bond motifs is 1. The minimum absolute atomic E-state index is 0.0236. The van der Waals surface area contributed by atoms with Crippen LogP contribution < -0.4 is 15.6 Å². The monoisotopic (exact) mass is 393 g/mol. The molecular weight excluding hydrogens is 373 g/mol. The first-order valence-corrected chi connectivity index (χ1v) is 9.58. The van der Waals surface area contributed by atoms with Crippen LogP contribution in [0.25, 0.3) is 10.9 Å². The second-order valence-electron chi connectivity index (χ2n) is 7.22. The van der Waals surface area contributed by atoms with E-state index in [1.165, 1.54) is 6.20 Å². The fourth-order valence-corrected chi connectivity index (χ4v) is 4.34. The summed E-state index contributed by atoms with van der Waals surface area (Å²) in [5, 5.41) is 12.9. The van der Waals surface area contributed by atoms with Crippen LogP contribution in [0.5, 0.6) is 0 Å². The van der Waals surface area contributed by atoms with Crippen LogP contribution in [0.3, 0.4) is 0 Å². The van der Waals surface area contributed by atoms with Gasteiger partial charge in [-0.3, -0.25) is 4.79 Å². The van der Waals surface area contributed by atoms with Crippen molar-refractivity contribution in [3.8, 4) is 0 Å². The highest BCUT2D eigenvalue weighted by atomic mass is 35.5. The first-order valence-electron chi connectivity index (χ1n) is 9.20. The maximum atomic E-state index is 15.0. The van der Waals surface area contributed by atoms with Crippen molar-refractivity contribution in [1.82, 2.24) is 9.88 Å². The Morgan fingerprint density at radius 3 is 2.78 bits per heavy atom. The van der Waals surface area contributed by atoms with Crippen LogP contribution in [-0.4, -0.2) is 41.3 Å². The standard InChI is InChI=1S/C19H21ClFN3O3/c1-2-22-10-5-6-23(8-10)17-14(21)7-12-16(15(17)20)24(11-3-4-11)9-13(18(12)25)19(26)27/h7,9-11,22H,2-6,8H2,1H3,(H,26,27). The summed E-state index contributed by atoms with van der Waals surface area (Å²) in [5.41, 5.74) is -0.335. The Morgan fingerprint density at radius 1 is 1.41 bits per heavy atom. The number of aromatic carboxylic acids is 1. The molecule has 0 bridgehead atoms. The molecule has 4 rings (SSSR count). The van der Waals surface area contributed by atoms with Gasteiger partial charge in [0.05, 0.1) is 21.6 Å². The molecule has 2 aliphatic rings. The number of carboxylic acid groups (broad SMARTS) is 1. The SMILES string of the molecule is CCNC1CCN(c2c(F)cc3c(=O)c(C(=O)O)cn(C4CC4)c3c2Cl)C1. The number of likely N-dealkylation sites (N-methyl/N-ethyl adjacent to an activating group) is 1. The molecule has 0 amide bonds. The molecule has 0 radical (unpaired) electrons. The lowest BCUT2D eigenvalue weighted by Crippen LogP contribution is -2.32. The zero-order valence-corrected chi connectivity index (χ0v) is 15.7. The minimum atomic E-state index is -1.31. The Balaban J connectivity index is 1.91. The Morgan fingerprint density at radius 2 is 2.15 bits per heavy atom. The zero-order valence-electron chi connectivity index (χ0n) is 15.0. The van der Waals surface area contributed by atoms with Crippen molar-refractivity contribution < 1.29 is 14.3 Å². The van der Waals surface area contributed by atoms with Gasteiger partial charge in [0.1, 0.15) is 11.4 Å². The molecule has 1 unspecified atom stereocenters. The predicted octanol–water partition coefficient (Wildman–Crippen LogP) is 3.02. The Hall–Kier alpha value is -2.12. The maximum absolute atomic E-state index is 15.0. The quantitative estimate of drug-likeness (QED) is 0.816. The summed E-state index contributed by atoms with van der Waals surface area (Å²) >= 11 is 6.62. The number of aromatic nitrogens is 1. The first-order chi connectivity index (χ1) is 12.9. The highest BCUT2D eigenvalue weighted by molar-refractivity contribution is 6.38. The third-order valence-electron chi connectivity index (χ3n) is 5.35. The molecule has 1 aromatic carbocycles. The van der Waals surface area contributed by atoms with E-state index >= 15 is 0 Å². The number of carbonyl (C=O) groups is 1. The summed E-state index contributed by atoms with van der Waals surface area (Å²) in [7, 11) is 0. The van der Waals surface area contributed by atoms with E-state index in [0.717, 1.165) is 31.9 Å². The Labute approximate surface area is 160 Å². The molecule has 27 heavy (non-hydrogen) atoms. The van der Waals surface area contributed by atoms with Gasteiger partial charge in [-0.1, -0.05) is 18.5 Å². The van der Waals surface area contributed by atoms with E-state index in [1.807, 2.05) is 11.8 Å². The average Bonchev–Trinajstić information content (AvgIpc) is 3.36. The van der Waals surface area contributed by atoms with Crippen LogP contribution >= 0.6 is 11.6 Å². The van der Waals surface area contributed by atoms with E-state index in [0.29, 0.717) is 24.3 Å². The molecule has 1 aliphatic carbocycles. The molecule has 2 N–H and O–H groups in total. The molecule has 1 aromatic heterocycles. The van der Waals surface area contributed by atoms with Crippen LogP contribution in [0.4, 0.5) is 10.1 Å². The summed E-state index contributed by atoms with van der Waals surface area (Å²) in [6, 6.07) is 1.50. The normalized spacial score (nSPS) is 19.8. The number of halogens is 2. The van der Waals surface area contributed by atoms with Crippen molar-refractivity contribution in [3.63, 3.8) is 0 Å². The highest BCUT2D eigenvalue weighted by Gasteiger charge is 2.32. The lowest BCUT2D eigenvalue weighted by molar-refractivity contribution is 0.0695. The molecule has 144 valence electrons. The third kappa shape index (κ3) is 3.08. The molecule has 0 spiro atoms. The molecular formula is C19H21ClFN3O3. The van der Waals surface area contributed by atoms with Crippen LogP contribution in [0.1, 0.15) is 42.6 Å². The molecule has 2 aromatic rings. The van der Waals surface area contributed by atoms with Crippen molar-refractivity contribution >= 4 is 34.2 Å². The van der Waals surface area contributed by atoms with Gasteiger partial charge in [-0.05, 0) is 31.9 Å². The van der Waals surface area contributed by atoms with Gasteiger partial charge in [0, 0.05) is 31.4 Å². The minimum Gasteiger partial charge on any atom is -0.477 e. The molecule has 1 aliphatic heterocycles. The van der Waals surface area contributed by atoms with Gasteiger partial charge in [0.15, 0.2) is 0 Å². The topological polar surface area (TPSA) is 74.6 Å². The van der Waals surface area contributed by atoms with E-state index in [4.69, 9.17) is 11.6 Å². The van der Waals surface area contributed by atoms with Crippen LogP contribution in [0.2, 0.25) is 5.02 Å². The van der Waals surface area contributed by atoms with Crippen LogP contribution in [0, 0.1) is 5.82 Å². The molecule has 1 saturated heterocycles. The number of nitrogens with one attached hydrogen (secondary N) is 1. The summed E-state index contributed by atoms with van der Waals surface area (Å²) in [5.74, 6) is -1.91. The number of pyridine rings is 1. The number of hydrogen-bond donors (Lipinski definition) is 2. The number of hydrogen-bond acceptors (Lipinski definition) is 4. The molecule has 2 fully saturated rings. The van der Waals surface area contributed by atoms with Gasteiger partial charge in [0.25, 0.3) is 0 Å². The number of carboxylic acids is 1. The van der Waals surface area contributed by atoms with Gasteiger partial charge in [-0.2, -0.15) is 0 Å². The van der Waals surface area contributed by atoms with Crippen molar-refractivity contribution in [2.45, 2.75) is 38.3 Å². The summed E-state index contributed by atoms with van der Waals surface area (Å²) in [6.45, 7) is 4.17. The van der Waals surface area contributed by atoms with Crippen LogP contribution in [0.15, 0.2) is 17.1 Å². The maximum Gasteiger partial charge on any atom is 0.341 e. The van der Waals surface area contributed by atoms with E-state index in [-0.39, 0.29) is 28.1 Å². The average molecular weight is 394 g/mol. The third-order valence-corrected chi connectivity index (χ3v) is 5.71. The first kappa shape index (κ1) is 18.3. The Kier molecular flexibility index (Phi) is 4.60. The van der Waals surface area contributed by atoms with Crippen molar-refractivity contribution in [2.24, 2.45) is 0 Å². The van der Waals surface area contributed by atoms with Gasteiger partial charge in [0.2, 0.25) is 5.43 Å². The van der Waals surface area contributed by atoms with E-state index in [2.05, 4.69) is 5.32 Å². The Bertz CT molecular complexity index is 987. The van der Waals surface area contributed by atoms with Crippen molar-refractivity contribution in [3.05, 3.63) is 38.9 Å². The number of nitrogens with zero attached hydrogens (tertiary/aromatic N) is 2. The molecule has 6 nitrogen and oxygen atoms in total.